The predicted molar refractivity (Wildman–Crippen MR) is 110 cm³/mol. The van der Waals surface area contributed by atoms with E-state index in [4.69, 9.17) is 5.11 Å². The Morgan fingerprint density at radius 3 is 2.28 bits per heavy atom. The van der Waals surface area contributed by atoms with Crippen LogP contribution in [-0.4, -0.2) is 44.7 Å². The van der Waals surface area contributed by atoms with Gasteiger partial charge in [0.05, 0.1) is 18.3 Å². The van der Waals surface area contributed by atoms with Gasteiger partial charge in [0.15, 0.2) is 0 Å². The summed E-state index contributed by atoms with van der Waals surface area (Å²) in [6.45, 7) is 6.89. The first-order chi connectivity index (χ1) is 13.6. The fourth-order valence-electron chi connectivity index (χ4n) is 8.77. The molecule has 0 heterocycles. The van der Waals surface area contributed by atoms with Crippen LogP contribution in [0.1, 0.15) is 78.6 Å². The maximum atomic E-state index is 11.3. The van der Waals surface area contributed by atoms with E-state index in [1.165, 1.54) is 0 Å². The molecule has 0 aromatic carbocycles. The third-order valence-corrected chi connectivity index (χ3v) is 10.3. The third-order valence-electron chi connectivity index (χ3n) is 10.3. The smallest absolute Gasteiger partial charge is 0.303 e. The van der Waals surface area contributed by atoms with E-state index >= 15 is 0 Å². The first-order valence-electron chi connectivity index (χ1n) is 11.9. The summed E-state index contributed by atoms with van der Waals surface area (Å²) in [4.78, 5) is 11.1. The van der Waals surface area contributed by atoms with Crippen LogP contribution in [0, 0.1) is 46.3 Å². The van der Waals surface area contributed by atoms with Crippen LogP contribution < -0.4 is 0 Å². The molecule has 29 heavy (non-hydrogen) atoms. The van der Waals surface area contributed by atoms with E-state index in [2.05, 4.69) is 20.8 Å². The zero-order valence-corrected chi connectivity index (χ0v) is 18.3. The standard InChI is InChI=1S/C24H40O5/c1-13(4-7-19(26)27)15-5-6-16-20-17(9-11-23(15,16)2)24(3)10-8-14(25)12-18(24)21(28)22(20)29/h13-18,20-22,25,28-29H,4-12H2,1-3H3,(H,26,27)/t13-,14-,15-,16-,17+,18+,20+,21+,22+,23-,24-/m1/s1. The highest BCUT2D eigenvalue weighted by atomic mass is 16.4. The van der Waals surface area contributed by atoms with E-state index < -0.39 is 18.2 Å². The van der Waals surface area contributed by atoms with E-state index in [9.17, 15) is 20.1 Å². The van der Waals surface area contributed by atoms with Crippen LogP contribution in [0.5, 0.6) is 0 Å². The van der Waals surface area contributed by atoms with Gasteiger partial charge >= 0.3 is 5.97 Å². The number of aliphatic hydroxyl groups excluding tert-OH is 3. The lowest BCUT2D eigenvalue weighted by molar-refractivity contribution is -0.223. The molecule has 0 radical (unpaired) electrons. The Balaban J connectivity index is 1.59. The maximum Gasteiger partial charge on any atom is 0.303 e. The molecule has 5 nitrogen and oxygen atoms in total. The molecule has 11 atom stereocenters. The minimum Gasteiger partial charge on any atom is -0.481 e. The minimum atomic E-state index is -0.748. The van der Waals surface area contributed by atoms with Crippen molar-refractivity contribution in [2.24, 2.45) is 46.3 Å². The number of fused-ring (bicyclic) bond motifs is 5. The van der Waals surface area contributed by atoms with Crippen molar-refractivity contribution < 1.29 is 25.2 Å². The molecule has 0 amide bonds. The molecule has 4 aliphatic carbocycles. The first-order valence-corrected chi connectivity index (χ1v) is 11.9. The minimum absolute atomic E-state index is 0.00309. The van der Waals surface area contributed by atoms with Gasteiger partial charge in [0.1, 0.15) is 0 Å². The largest absolute Gasteiger partial charge is 0.481 e. The third kappa shape index (κ3) is 3.27. The van der Waals surface area contributed by atoms with Crippen molar-refractivity contribution in [1.29, 1.82) is 0 Å². The number of aliphatic hydroxyl groups is 3. The van der Waals surface area contributed by atoms with Crippen molar-refractivity contribution in [2.45, 2.75) is 96.9 Å². The normalized spacial score (nSPS) is 52.9. The second-order valence-corrected chi connectivity index (χ2v) is 11.5. The van der Waals surface area contributed by atoms with E-state index in [0.717, 1.165) is 44.9 Å². The highest BCUT2D eigenvalue weighted by Gasteiger charge is 2.65. The van der Waals surface area contributed by atoms with Crippen molar-refractivity contribution in [2.75, 3.05) is 0 Å². The average Bonchev–Trinajstić information content (AvgIpc) is 3.02. The zero-order valence-electron chi connectivity index (χ0n) is 18.3. The summed E-state index contributed by atoms with van der Waals surface area (Å²) in [7, 11) is 0. The molecule has 0 spiro atoms. The number of aliphatic carboxylic acids is 1. The van der Waals surface area contributed by atoms with E-state index in [1.807, 2.05) is 0 Å². The number of hydrogen-bond acceptors (Lipinski definition) is 4. The molecule has 0 saturated heterocycles. The second kappa shape index (κ2) is 7.49. The molecule has 0 unspecified atom stereocenters. The Hall–Kier alpha value is -0.650. The lowest BCUT2D eigenvalue weighted by atomic mass is 9.43. The number of carboxylic acid groups (broad SMARTS) is 1. The Morgan fingerprint density at radius 1 is 0.931 bits per heavy atom. The molecule has 0 aromatic heterocycles. The summed E-state index contributed by atoms with van der Waals surface area (Å²) in [6.07, 6.45) is 5.87. The lowest BCUT2D eigenvalue weighted by Crippen LogP contribution is -2.64. The molecule has 166 valence electrons. The summed E-state index contributed by atoms with van der Waals surface area (Å²) in [5.74, 6) is 1.06. The number of carboxylic acids is 1. The second-order valence-electron chi connectivity index (χ2n) is 11.5. The van der Waals surface area contributed by atoms with E-state index in [-0.39, 0.29) is 35.2 Å². The van der Waals surface area contributed by atoms with Gasteiger partial charge in [-0.1, -0.05) is 20.8 Å². The van der Waals surface area contributed by atoms with Gasteiger partial charge in [-0.05, 0) is 97.7 Å². The van der Waals surface area contributed by atoms with Crippen LogP contribution in [0.4, 0.5) is 0 Å². The van der Waals surface area contributed by atoms with Crippen LogP contribution in [0.15, 0.2) is 0 Å². The topological polar surface area (TPSA) is 98.0 Å². The molecule has 4 rings (SSSR count). The summed E-state index contributed by atoms with van der Waals surface area (Å²) >= 11 is 0. The Labute approximate surface area is 174 Å². The Kier molecular flexibility index (Phi) is 5.57. The summed E-state index contributed by atoms with van der Waals surface area (Å²) < 4.78 is 0. The van der Waals surface area contributed by atoms with Crippen molar-refractivity contribution in [3.05, 3.63) is 0 Å². The molecule has 5 heteroatoms. The van der Waals surface area contributed by atoms with Crippen LogP contribution in [0.2, 0.25) is 0 Å². The summed E-state index contributed by atoms with van der Waals surface area (Å²) in [5, 5.41) is 41.7. The van der Waals surface area contributed by atoms with Gasteiger partial charge in [-0.15, -0.1) is 0 Å². The first kappa shape index (κ1) is 21.6. The van der Waals surface area contributed by atoms with Gasteiger partial charge in [-0.3, -0.25) is 4.79 Å². The van der Waals surface area contributed by atoms with Gasteiger partial charge in [-0.2, -0.15) is 0 Å². The number of hydrogen-bond donors (Lipinski definition) is 4. The van der Waals surface area contributed by atoms with Crippen molar-refractivity contribution in [1.82, 2.24) is 0 Å². The van der Waals surface area contributed by atoms with Gasteiger partial charge in [0, 0.05) is 6.42 Å². The number of rotatable bonds is 4. The molecule has 4 fully saturated rings. The summed E-state index contributed by atoms with van der Waals surface area (Å²) in [6, 6.07) is 0. The maximum absolute atomic E-state index is 11.3. The number of carbonyl (C=O) groups is 1. The zero-order chi connectivity index (χ0) is 21.1. The van der Waals surface area contributed by atoms with Crippen LogP contribution >= 0.6 is 0 Å². The molecule has 0 aromatic rings. The average molecular weight is 409 g/mol. The van der Waals surface area contributed by atoms with E-state index in [0.29, 0.717) is 30.1 Å². The van der Waals surface area contributed by atoms with Gasteiger partial charge in [0.2, 0.25) is 0 Å². The van der Waals surface area contributed by atoms with Crippen LogP contribution in [0.3, 0.4) is 0 Å². The van der Waals surface area contributed by atoms with E-state index in [1.54, 1.807) is 0 Å². The highest BCUT2D eigenvalue weighted by molar-refractivity contribution is 5.66. The molecule has 0 bridgehead atoms. The molecule has 4 saturated carbocycles. The molecular formula is C24H40O5. The fraction of sp³-hybridized carbons (Fsp3) is 0.958. The van der Waals surface area contributed by atoms with Gasteiger partial charge in [0.25, 0.3) is 0 Å². The lowest BCUT2D eigenvalue weighted by Gasteiger charge is -2.63. The molecule has 4 N–H and O–H groups in total. The highest BCUT2D eigenvalue weighted by Crippen LogP contribution is 2.68. The Morgan fingerprint density at radius 2 is 1.59 bits per heavy atom. The van der Waals surface area contributed by atoms with Crippen molar-refractivity contribution >= 4 is 5.97 Å². The monoisotopic (exact) mass is 408 g/mol. The van der Waals surface area contributed by atoms with Crippen LogP contribution in [0.25, 0.3) is 0 Å². The van der Waals surface area contributed by atoms with Crippen LogP contribution in [-0.2, 0) is 4.79 Å². The molecule has 4 aliphatic rings. The molecule has 0 aliphatic heterocycles. The Bertz CT molecular complexity index is 637. The predicted octanol–water partition coefficient (Wildman–Crippen LogP) is 3.45. The van der Waals surface area contributed by atoms with Gasteiger partial charge < -0.3 is 20.4 Å². The summed E-state index contributed by atoms with van der Waals surface area (Å²) in [5.41, 5.74) is 0.119. The molecular weight excluding hydrogens is 368 g/mol. The van der Waals surface area contributed by atoms with Crippen molar-refractivity contribution in [3.8, 4) is 0 Å². The fourth-order valence-corrected chi connectivity index (χ4v) is 8.77. The quantitative estimate of drug-likeness (QED) is 0.571. The van der Waals surface area contributed by atoms with Gasteiger partial charge in [-0.25, -0.2) is 0 Å². The SMILES string of the molecule is C[C@H](CCC(=O)O)[C@H]1CC[C@@H]2[C@@H]3[C@H](O)[C@@H](O)[C@@H]4C[C@H](O)CC[C@]4(C)[C@H]3CC[C@@]21C. The van der Waals surface area contributed by atoms with Crippen molar-refractivity contribution in [3.63, 3.8) is 0 Å².